The zero-order valence-corrected chi connectivity index (χ0v) is 13.5. The first kappa shape index (κ1) is 18.2. The van der Waals surface area contributed by atoms with Crippen molar-refractivity contribution in [3.8, 4) is 0 Å². The van der Waals surface area contributed by atoms with Gasteiger partial charge >= 0.3 is 11.9 Å². The van der Waals surface area contributed by atoms with E-state index >= 15 is 0 Å². The van der Waals surface area contributed by atoms with Crippen molar-refractivity contribution in [2.24, 2.45) is 0 Å². The number of benzene rings is 1. The summed E-state index contributed by atoms with van der Waals surface area (Å²) < 4.78 is 0. The van der Waals surface area contributed by atoms with Gasteiger partial charge < -0.3 is 10.2 Å². The van der Waals surface area contributed by atoms with Gasteiger partial charge in [-0.05, 0) is 36.5 Å². The number of carboxylic acid groups (broad SMARTS) is 2. The van der Waals surface area contributed by atoms with Crippen LogP contribution in [0.4, 0.5) is 0 Å². The molecule has 1 aromatic rings. The molecule has 0 heterocycles. The number of carbonyl (C=O) groups is 2. The highest BCUT2D eigenvalue weighted by atomic mass is 16.4. The number of hydrogen-bond acceptors (Lipinski definition) is 2. The summed E-state index contributed by atoms with van der Waals surface area (Å²) >= 11 is 0. The minimum absolute atomic E-state index is 0.0274. The number of aryl methyl sites for hydroxylation is 1. The summed E-state index contributed by atoms with van der Waals surface area (Å²) in [6.45, 7) is 4.14. The highest BCUT2D eigenvalue weighted by Crippen LogP contribution is 2.23. The molecule has 22 heavy (non-hydrogen) atoms. The van der Waals surface area contributed by atoms with Gasteiger partial charge in [-0.3, -0.25) is 0 Å². The molecule has 0 aliphatic rings. The van der Waals surface area contributed by atoms with Crippen molar-refractivity contribution in [1.29, 1.82) is 0 Å². The first-order valence-corrected chi connectivity index (χ1v) is 8.14. The Bertz CT molecular complexity index is 520. The van der Waals surface area contributed by atoms with Gasteiger partial charge in [0.05, 0.1) is 11.1 Å². The quantitative estimate of drug-likeness (QED) is 0.622. The van der Waals surface area contributed by atoms with Crippen molar-refractivity contribution < 1.29 is 19.8 Å². The van der Waals surface area contributed by atoms with Gasteiger partial charge in [0, 0.05) is 0 Å². The molecule has 4 heteroatoms. The average Bonchev–Trinajstić information content (AvgIpc) is 2.49. The molecule has 0 unspecified atom stereocenters. The molecular formula is C18H26O4. The van der Waals surface area contributed by atoms with Crippen molar-refractivity contribution >= 4 is 11.9 Å². The van der Waals surface area contributed by atoms with Crippen LogP contribution in [0.15, 0.2) is 12.1 Å². The van der Waals surface area contributed by atoms with E-state index in [9.17, 15) is 19.8 Å². The Morgan fingerprint density at radius 1 is 0.909 bits per heavy atom. The fourth-order valence-electron chi connectivity index (χ4n) is 2.81. The van der Waals surface area contributed by atoms with E-state index in [4.69, 9.17) is 0 Å². The minimum atomic E-state index is -1.18. The molecule has 0 aliphatic heterocycles. The van der Waals surface area contributed by atoms with E-state index in [1.807, 2.05) is 6.92 Å². The minimum Gasteiger partial charge on any atom is -0.478 e. The first-order valence-electron chi connectivity index (χ1n) is 8.14. The van der Waals surface area contributed by atoms with Crippen molar-refractivity contribution in [2.75, 3.05) is 0 Å². The molecular weight excluding hydrogens is 280 g/mol. The molecule has 0 aromatic heterocycles. The molecule has 0 radical (unpaired) electrons. The van der Waals surface area contributed by atoms with Crippen LogP contribution in [-0.2, 0) is 12.8 Å². The second-order valence-corrected chi connectivity index (χ2v) is 5.61. The van der Waals surface area contributed by atoms with E-state index in [0.717, 1.165) is 24.8 Å². The fraction of sp³-hybridized carbons (Fsp3) is 0.556. The topological polar surface area (TPSA) is 74.6 Å². The van der Waals surface area contributed by atoms with E-state index in [1.165, 1.54) is 25.3 Å². The molecule has 0 atom stereocenters. The van der Waals surface area contributed by atoms with Gasteiger partial charge in [-0.2, -0.15) is 0 Å². The number of hydrogen-bond donors (Lipinski definition) is 2. The maximum atomic E-state index is 11.5. The van der Waals surface area contributed by atoms with Crippen molar-refractivity contribution in [3.05, 3.63) is 34.4 Å². The van der Waals surface area contributed by atoms with E-state index in [0.29, 0.717) is 18.4 Å². The summed E-state index contributed by atoms with van der Waals surface area (Å²) in [6.07, 6.45) is 8.09. The molecule has 0 bridgehead atoms. The van der Waals surface area contributed by atoms with Crippen LogP contribution in [0.2, 0.25) is 0 Å². The van der Waals surface area contributed by atoms with Gasteiger partial charge in [-0.25, -0.2) is 9.59 Å². The lowest BCUT2D eigenvalue weighted by atomic mass is 9.90. The molecule has 2 N–H and O–H groups in total. The van der Waals surface area contributed by atoms with Crippen LogP contribution in [-0.4, -0.2) is 22.2 Å². The van der Waals surface area contributed by atoms with Crippen LogP contribution < -0.4 is 0 Å². The molecule has 0 aliphatic carbocycles. The van der Waals surface area contributed by atoms with Crippen molar-refractivity contribution in [2.45, 2.75) is 65.2 Å². The van der Waals surface area contributed by atoms with E-state index < -0.39 is 11.9 Å². The molecule has 1 rings (SSSR count). The number of carboxylic acids is 2. The third-order valence-corrected chi connectivity index (χ3v) is 4.02. The van der Waals surface area contributed by atoms with Crippen LogP contribution in [0.1, 0.15) is 84.2 Å². The smallest absolute Gasteiger partial charge is 0.336 e. The molecule has 0 amide bonds. The Balaban J connectivity index is 2.92. The average molecular weight is 306 g/mol. The van der Waals surface area contributed by atoms with Crippen molar-refractivity contribution in [1.82, 2.24) is 0 Å². The fourth-order valence-corrected chi connectivity index (χ4v) is 2.81. The van der Waals surface area contributed by atoms with Crippen molar-refractivity contribution in [3.63, 3.8) is 0 Å². The summed E-state index contributed by atoms with van der Waals surface area (Å²) in [7, 11) is 0. The van der Waals surface area contributed by atoms with Gasteiger partial charge in [-0.1, -0.05) is 52.0 Å². The molecule has 0 saturated heterocycles. The summed E-state index contributed by atoms with van der Waals surface area (Å²) in [4.78, 5) is 22.8. The lowest BCUT2D eigenvalue weighted by Crippen LogP contribution is -2.13. The van der Waals surface area contributed by atoms with Gasteiger partial charge in [-0.15, -0.1) is 0 Å². The second kappa shape index (κ2) is 9.23. The second-order valence-electron chi connectivity index (χ2n) is 5.61. The molecule has 1 aromatic carbocycles. The first-order chi connectivity index (χ1) is 10.5. The zero-order chi connectivity index (χ0) is 16.5. The molecule has 122 valence electrons. The predicted octanol–water partition coefficient (Wildman–Crippen LogP) is 4.55. The number of rotatable bonds is 10. The molecule has 0 spiro atoms. The van der Waals surface area contributed by atoms with Crippen LogP contribution in [0, 0.1) is 0 Å². The monoisotopic (exact) mass is 306 g/mol. The van der Waals surface area contributed by atoms with Crippen LogP contribution in [0.3, 0.4) is 0 Å². The van der Waals surface area contributed by atoms with E-state index in [2.05, 4.69) is 6.92 Å². The maximum Gasteiger partial charge on any atom is 0.336 e. The standard InChI is InChI=1S/C18H26O4/c1-3-5-6-7-8-9-10-14-13(4-2)11-12-15(17(19)20)16(14)18(21)22/h11-12H,3-10H2,1-2H3,(H,19,20)(H,21,22). The van der Waals surface area contributed by atoms with Crippen LogP contribution in [0.5, 0.6) is 0 Å². The Kier molecular flexibility index (Phi) is 7.64. The van der Waals surface area contributed by atoms with Gasteiger partial charge in [0.2, 0.25) is 0 Å². The SMILES string of the molecule is CCCCCCCCc1c(CC)ccc(C(=O)O)c1C(=O)O. The third-order valence-electron chi connectivity index (χ3n) is 4.02. The lowest BCUT2D eigenvalue weighted by Gasteiger charge is -2.14. The van der Waals surface area contributed by atoms with E-state index in [-0.39, 0.29) is 11.1 Å². The summed E-state index contributed by atoms with van der Waals surface area (Å²) in [5.74, 6) is -2.32. The maximum absolute atomic E-state index is 11.5. The summed E-state index contributed by atoms with van der Waals surface area (Å²) in [5.41, 5.74) is 1.51. The third kappa shape index (κ3) is 4.86. The Labute approximate surface area is 132 Å². The Morgan fingerprint density at radius 3 is 2.09 bits per heavy atom. The highest BCUT2D eigenvalue weighted by molar-refractivity contribution is 6.03. The van der Waals surface area contributed by atoms with E-state index in [1.54, 1.807) is 6.07 Å². The van der Waals surface area contributed by atoms with Crippen LogP contribution in [0.25, 0.3) is 0 Å². The summed E-state index contributed by atoms with van der Waals surface area (Å²) in [6, 6.07) is 3.16. The van der Waals surface area contributed by atoms with Gasteiger partial charge in [0.1, 0.15) is 0 Å². The number of aromatic carboxylic acids is 2. The molecule has 0 fully saturated rings. The van der Waals surface area contributed by atoms with Gasteiger partial charge in [0.25, 0.3) is 0 Å². The predicted molar refractivity (Wildman–Crippen MR) is 86.8 cm³/mol. The van der Waals surface area contributed by atoms with Crippen LogP contribution >= 0.6 is 0 Å². The van der Waals surface area contributed by atoms with Gasteiger partial charge in [0.15, 0.2) is 0 Å². The Hall–Kier alpha value is -1.84. The normalized spacial score (nSPS) is 10.6. The number of unbranched alkanes of at least 4 members (excludes halogenated alkanes) is 5. The molecule has 0 saturated carbocycles. The molecule has 4 nitrogen and oxygen atoms in total. The lowest BCUT2D eigenvalue weighted by molar-refractivity contribution is 0.0650. The highest BCUT2D eigenvalue weighted by Gasteiger charge is 2.21. The summed E-state index contributed by atoms with van der Waals surface area (Å²) in [5, 5.41) is 18.6. The Morgan fingerprint density at radius 2 is 1.55 bits per heavy atom. The largest absolute Gasteiger partial charge is 0.478 e. The zero-order valence-electron chi connectivity index (χ0n) is 13.5.